The molecule has 196 valence electrons. The molecule has 0 spiro atoms. The number of carbonyl (C=O) groups is 1. The first kappa shape index (κ1) is 25.9. The molecule has 5 rings (SSSR count). The fourth-order valence-corrected chi connectivity index (χ4v) is 4.37. The number of carbonyl (C=O) groups excluding carboxylic acids is 1. The molecule has 0 aliphatic carbocycles. The van der Waals surface area contributed by atoms with Crippen molar-refractivity contribution in [3.63, 3.8) is 0 Å². The van der Waals surface area contributed by atoms with Gasteiger partial charge in [0.2, 0.25) is 0 Å². The molecular weight excluding hydrogens is 503 g/mol. The molecule has 0 aliphatic rings. The van der Waals surface area contributed by atoms with Crippen LogP contribution < -0.4 is 4.74 Å². The van der Waals surface area contributed by atoms with Crippen LogP contribution in [0, 0.1) is 6.92 Å². The molecule has 0 saturated carbocycles. The zero-order chi connectivity index (χ0) is 27.4. The van der Waals surface area contributed by atoms with Crippen LogP contribution in [0.5, 0.6) is 5.75 Å². The highest BCUT2D eigenvalue weighted by atomic mass is 19.4. The van der Waals surface area contributed by atoms with Crippen molar-refractivity contribution in [1.82, 2.24) is 14.8 Å². The second-order valence-corrected chi connectivity index (χ2v) is 9.04. The van der Waals surface area contributed by atoms with Crippen molar-refractivity contribution in [3.8, 4) is 34.0 Å². The highest BCUT2D eigenvalue weighted by molar-refractivity contribution is 6.02. The van der Waals surface area contributed by atoms with Crippen LogP contribution in [0.2, 0.25) is 0 Å². The van der Waals surface area contributed by atoms with Gasteiger partial charge in [-0.15, -0.1) is 18.3 Å². The second kappa shape index (κ2) is 10.9. The van der Waals surface area contributed by atoms with E-state index >= 15 is 0 Å². The summed E-state index contributed by atoms with van der Waals surface area (Å²) < 4.78 is 42.5. The Labute approximate surface area is 223 Å². The van der Waals surface area contributed by atoms with Gasteiger partial charge in [0, 0.05) is 17.5 Å². The van der Waals surface area contributed by atoms with Crippen molar-refractivity contribution in [2.45, 2.75) is 26.1 Å². The van der Waals surface area contributed by atoms with E-state index in [-0.39, 0.29) is 11.5 Å². The Bertz CT molecular complexity index is 1590. The minimum absolute atomic E-state index is 0.0880. The third-order valence-electron chi connectivity index (χ3n) is 6.34. The third-order valence-corrected chi connectivity index (χ3v) is 6.34. The van der Waals surface area contributed by atoms with E-state index < -0.39 is 6.36 Å². The molecule has 0 aliphatic heterocycles. The van der Waals surface area contributed by atoms with Crippen molar-refractivity contribution in [1.29, 1.82) is 0 Å². The maximum absolute atomic E-state index is 13.2. The van der Waals surface area contributed by atoms with E-state index in [9.17, 15) is 18.0 Å². The van der Waals surface area contributed by atoms with E-state index in [1.165, 1.54) is 35.3 Å². The monoisotopic (exact) mass is 527 g/mol. The van der Waals surface area contributed by atoms with Gasteiger partial charge in [0.15, 0.2) is 11.6 Å². The molecule has 5 nitrogen and oxygen atoms in total. The molecule has 0 saturated heterocycles. The number of aromatic nitrogens is 3. The molecule has 0 bridgehead atoms. The number of hydrogen-bond donors (Lipinski definition) is 0. The SMILES string of the molecule is Cc1ccccc1-c1ccccc1C(=O)CCc1ccc(-c2ncn(-c3ccc(OC(F)(F)F)cc3)n2)cc1. The van der Waals surface area contributed by atoms with Crippen LogP contribution in [-0.4, -0.2) is 26.9 Å². The zero-order valence-corrected chi connectivity index (χ0v) is 21.0. The van der Waals surface area contributed by atoms with Gasteiger partial charge in [-0.25, -0.2) is 9.67 Å². The van der Waals surface area contributed by atoms with Gasteiger partial charge < -0.3 is 4.74 Å². The van der Waals surface area contributed by atoms with E-state index in [0.717, 1.165) is 33.4 Å². The van der Waals surface area contributed by atoms with Gasteiger partial charge >= 0.3 is 6.36 Å². The van der Waals surface area contributed by atoms with Gasteiger partial charge in [-0.1, -0.05) is 72.8 Å². The van der Waals surface area contributed by atoms with Gasteiger partial charge in [0.1, 0.15) is 12.1 Å². The lowest BCUT2D eigenvalue weighted by atomic mass is 9.92. The minimum atomic E-state index is -4.74. The predicted molar refractivity (Wildman–Crippen MR) is 143 cm³/mol. The number of Topliss-reactive ketones (excluding diaryl/α,β-unsaturated/α-hetero) is 1. The number of ketones is 1. The molecule has 1 aromatic heterocycles. The summed E-state index contributed by atoms with van der Waals surface area (Å²) in [5.41, 5.74) is 6.19. The number of hydrogen-bond acceptors (Lipinski definition) is 4. The van der Waals surface area contributed by atoms with Crippen molar-refractivity contribution < 1.29 is 22.7 Å². The van der Waals surface area contributed by atoms with Gasteiger partial charge in [-0.3, -0.25) is 4.79 Å². The predicted octanol–water partition coefficient (Wildman–Crippen LogP) is 7.62. The standard InChI is InChI=1S/C31H24F3N3O2/c1-21-6-2-3-7-26(21)27-8-4-5-9-28(27)29(38)19-12-22-10-13-23(14-11-22)30-35-20-37(36-30)24-15-17-25(18-16-24)39-31(32,33)34/h2-11,13-18,20H,12,19H2,1H3. The van der Waals surface area contributed by atoms with Crippen LogP contribution in [0.4, 0.5) is 13.2 Å². The minimum Gasteiger partial charge on any atom is -0.406 e. The average Bonchev–Trinajstić information content (AvgIpc) is 3.42. The number of nitrogens with zero attached hydrogens (tertiary/aromatic N) is 3. The van der Waals surface area contributed by atoms with E-state index in [1.807, 2.05) is 79.7 Å². The number of alkyl halides is 3. The first-order chi connectivity index (χ1) is 18.8. The smallest absolute Gasteiger partial charge is 0.406 e. The lowest BCUT2D eigenvalue weighted by Crippen LogP contribution is -2.17. The topological polar surface area (TPSA) is 57.0 Å². The summed E-state index contributed by atoms with van der Waals surface area (Å²) in [6, 6.07) is 28.8. The van der Waals surface area contributed by atoms with Crippen LogP contribution in [0.25, 0.3) is 28.2 Å². The molecule has 0 atom stereocenters. The molecule has 0 unspecified atom stereocenters. The summed E-state index contributed by atoms with van der Waals surface area (Å²) in [5, 5.41) is 4.43. The normalized spacial score (nSPS) is 11.4. The van der Waals surface area contributed by atoms with Gasteiger partial charge in [-0.05, 0) is 59.9 Å². The van der Waals surface area contributed by atoms with Crippen LogP contribution in [-0.2, 0) is 6.42 Å². The van der Waals surface area contributed by atoms with Crippen molar-refractivity contribution in [2.24, 2.45) is 0 Å². The largest absolute Gasteiger partial charge is 0.573 e. The summed E-state index contributed by atoms with van der Waals surface area (Å²) >= 11 is 0. The Balaban J connectivity index is 1.24. The number of halogens is 3. The lowest BCUT2D eigenvalue weighted by Gasteiger charge is -2.11. The molecule has 0 fully saturated rings. The molecule has 8 heteroatoms. The Morgan fingerprint density at radius 2 is 1.51 bits per heavy atom. The third kappa shape index (κ3) is 6.23. The summed E-state index contributed by atoms with van der Waals surface area (Å²) in [5.74, 6) is 0.254. The van der Waals surface area contributed by atoms with E-state index in [4.69, 9.17) is 0 Å². The fourth-order valence-electron chi connectivity index (χ4n) is 4.37. The molecule has 0 radical (unpaired) electrons. The molecule has 4 aromatic carbocycles. The fraction of sp³-hybridized carbons (Fsp3) is 0.129. The van der Waals surface area contributed by atoms with Crippen LogP contribution >= 0.6 is 0 Å². The van der Waals surface area contributed by atoms with E-state index in [0.29, 0.717) is 24.4 Å². The van der Waals surface area contributed by atoms with E-state index in [2.05, 4.69) is 14.8 Å². The first-order valence-corrected chi connectivity index (χ1v) is 12.3. The number of aryl methyl sites for hydroxylation is 2. The zero-order valence-electron chi connectivity index (χ0n) is 21.0. The van der Waals surface area contributed by atoms with E-state index in [1.54, 1.807) is 0 Å². The highest BCUT2D eigenvalue weighted by Gasteiger charge is 2.31. The second-order valence-electron chi connectivity index (χ2n) is 9.04. The molecular formula is C31H24F3N3O2. The highest BCUT2D eigenvalue weighted by Crippen LogP contribution is 2.28. The maximum Gasteiger partial charge on any atom is 0.573 e. The Morgan fingerprint density at radius 1 is 0.846 bits per heavy atom. The van der Waals surface area contributed by atoms with Crippen molar-refractivity contribution in [2.75, 3.05) is 0 Å². The summed E-state index contributed by atoms with van der Waals surface area (Å²) in [6.07, 6.45) is -2.28. The summed E-state index contributed by atoms with van der Waals surface area (Å²) in [7, 11) is 0. The van der Waals surface area contributed by atoms with Gasteiger partial charge in [0.05, 0.1) is 5.69 Å². The molecule has 0 amide bonds. The van der Waals surface area contributed by atoms with Crippen LogP contribution in [0.3, 0.4) is 0 Å². The average molecular weight is 528 g/mol. The maximum atomic E-state index is 13.2. The summed E-state index contributed by atoms with van der Waals surface area (Å²) in [6.45, 7) is 2.04. The quantitative estimate of drug-likeness (QED) is 0.195. The lowest BCUT2D eigenvalue weighted by molar-refractivity contribution is -0.274. The number of ether oxygens (including phenoxy) is 1. The number of benzene rings is 4. The van der Waals surface area contributed by atoms with Crippen molar-refractivity contribution in [3.05, 3.63) is 120 Å². The molecule has 0 N–H and O–H groups in total. The number of rotatable bonds is 8. The Hall–Kier alpha value is -4.72. The van der Waals surface area contributed by atoms with Gasteiger partial charge in [0.25, 0.3) is 0 Å². The molecule has 5 aromatic rings. The Kier molecular flexibility index (Phi) is 7.27. The molecule has 1 heterocycles. The van der Waals surface area contributed by atoms with Gasteiger partial charge in [-0.2, -0.15) is 0 Å². The van der Waals surface area contributed by atoms with Crippen molar-refractivity contribution >= 4 is 5.78 Å². The van der Waals surface area contributed by atoms with Crippen LogP contribution in [0.15, 0.2) is 103 Å². The summed E-state index contributed by atoms with van der Waals surface area (Å²) in [4.78, 5) is 17.5. The van der Waals surface area contributed by atoms with Crippen LogP contribution in [0.1, 0.15) is 27.9 Å². The molecule has 39 heavy (non-hydrogen) atoms. The first-order valence-electron chi connectivity index (χ1n) is 12.3. The Morgan fingerprint density at radius 3 is 2.21 bits per heavy atom.